The number of fused-ring (bicyclic) bond motifs is 2. The Bertz CT molecular complexity index is 1400. The van der Waals surface area contributed by atoms with Gasteiger partial charge in [-0.05, 0) is 49.8 Å². The Kier molecular flexibility index (Phi) is 4.85. The maximum absolute atomic E-state index is 4.64. The van der Waals surface area contributed by atoms with Crippen LogP contribution in [0.3, 0.4) is 0 Å². The van der Waals surface area contributed by atoms with Gasteiger partial charge in [0.05, 0.1) is 5.69 Å². The summed E-state index contributed by atoms with van der Waals surface area (Å²) >= 11 is 0. The van der Waals surface area contributed by atoms with E-state index in [1.807, 2.05) is 25.1 Å². The molecule has 0 unspecified atom stereocenters. The average molecular weight is 423 g/mol. The van der Waals surface area contributed by atoms with Crippen molar-refractivity contribution < 1.29 is 0 Å². The van der Waals surface area contributed by atoms with Crippen LogP contribution < -0.4 is 10.1 Å². The zero-order chi connectivity index (χ0) is 22.3. The number of hydrogen-bond acceptors (Lipinski definition) is 5. The van der Waals surface area contributed by atoms with Crippen LogP contribution in [0, 0.1) is 6.92 Å². The predicted molar refractivity (Wildman–Crippen MR) is 128 cm³/mol. The molecule has 0 saturated heterocycles. The van der Waals surface area contributed by atoms with Gasteiger partial charge in [0.25, 0.3) is 0 Å². The average Bonchev–Trinajstić information content (AvgIpc) is 3.41. The molecule has 5 rings (SSSR count). The van der Waals surface area contributed by atoms with Gasteiger partial charge in [-0.3, -0.25) is 4.98 Å². The molecular formula is C26H26N6. The zero-order valence-electron chi connectivity index (χ0n) is 18.8. The Hall–Kier alpha value is -3.80. The van der Waals surface area contributed by atoms with Crippen LogP contribution in [0.15, 0.2) is 72.6 Å². The molecule has 4 aromatic rings. The summed E-state index contributed by atoms with van der Waals surface area (Å²) in [5.41, 5.74) is 6.34. The Labute approximate surface area is 187 Å². The fourth-order valence-corrected chi connectivity index (χ4v) is 4.54. The summed E-state index contributed by atoms with van der Waals surface area (Å²) in [7, 11) is 0. The number of para-hydroxylation sites is 1. The zero-order valence-corrected chi connectivity index (χ0v) is 18.8. The number of benzene rings is 1. The molecule has 0 spiro atoms. The van der Waals surface area contributed by atoms with Gasteiger partial charge in [0, 0.05) is 34.8 Å². The number of rotatable bonds is 4. The number of hydrogen-bond donors (Lipinski definition) is 0. The molecule has 32 heavy (non-hydrogen) atoms. The number of allylic oxidation sites excluding steroid dienone is 4. The molecule has 0 fully saturated rings. The van der Waals surface area contributed by atoms with Crippen LogP contribution in [0.2, 0.25) is 0 Å². The third-order valence-electron chi connectivity index (χ3n) is 6.16. The van der Waals surface area contributed by atoms with Gasteiger partial charge in [0.2, 0.25) is 5.82 Å². The highest BCUT2D eigenvalue weighted by Gasteiger charge is 2.38. The van der Waals surface area contributed by atoms with E-state index in [4.69, 9.17) is 0 Å². The Balaban J connectivity index is 1.50. The van der Waals surface area contributed by atoms with Gasteiger partial charge in [-0.1, -0.05) is 50.3 Å². The largest absolute Gasteiger partial charge is 0.344 e. The second kappa shape index (κ2) is 7.71. The van der Waals surface area contributed by atoms with E-state index in [2.05, 4.69) is 94.5 Å². The molecule has 0 bridgehead atoms. The second-order valence-corrected chi connectivity index (χ2v) is 8.46. The van der Waals surface area contributed by atoms with E-state index >= 15 is 0 Å². The quantitative estimate of drug-likeness (QED) is 0.492. The molecule has 0 N–H and O–H groups in total. The van der Waals surface area contributed by atoms with Gasteiger partial charge in [-0.15, -0.1) is 10.2 Å². The Morgan fingerprint density at radius 2 is 1.75 bits per heavy atom. The number of nitrogens with zero attached hydrogens (tertiary/aromatic N) is 6. The topological polar surface area (TPSA) is 59.2 Å². The van der Waals surface area contributed by atoms with Crippen LogP contribution in [-0.4, -0.2) is 31.3 Å². The van der Waals surface area contributed by atoms with Crippen molar-refractivity contribution in [3.63, 3.8) is 0 Å². The van der Waals surface area contributed by atoms with Gasteiger partial charge in [-0.25, -0.2) is 0 Å². The summed E-state index contributed by atoms with van der Waals surface area (Å²) in [6.45, 7) is 9.70. The normalized spacial score (nSPS) is 17.2. The molecule has 0 radical (unpaired) electrons. The van der Waals surface area contributed by atoms with Crippen LogP contribution in [-0.2, 0) is 5.41 Å². The van der Waals surface area contributed by atoms with Crippen LogP contribution in [0.4, 0.5) is 5.69 Å². The summed E-state index contributed by atoms with van der Waals surface area (Å²) in [6.07, 6.45) is 10.2. The first kappa shape index (κ1) is 20.1. The summed E-state index contributed by atoms with van der Waals surface area (Å²) in [4.78, 5) is 6.77. The van der Waals surface area contributed by atoms with Crippen molar-refractivity contribution in [3.8, 4) is 11.5 Å². The van der Waals surface area contributed by atoms with E-state index in [-0.39, 0.29) is 5.41 Å². The van der Waals surface area contributed by atoms with Crippen molar-refractivity contribution in [3.05, 3.63) is 89.1 Å². The first-order valence-corrected chi connectivity index (χ1v) is 10.9. The lowest BCUT2D eigenvalue weighted by atomic mass is 9.84. The Morgan fingerprint density at radius 3 is 2.53 bits per heavy atom. The molecule has 0 amide bonds. The third kappa shape index (κ3) is 3.11. The van der Waals surface area contributed by atoms with E-state index < -0.39 is 0 Å². The number of aromatic nitrogens is 5. The molecule has 0 atom stereocenters. The van der Waals surface area contributed by atoms with E-state index in [1.165, 1.54) is 16.9 Å². The van der Waals surface area contributed by atoms with Crippen LogP contribution in [0.25, 0.3) is 23.2 Å². The van der Waals surface area contributed by atoms with Gasteiger partial charge in [0.15, 0.2) is 5.65 Å². The van der Waals surface area contributed by atoms with Crippen molar-refractivity contribution in [2.24, 2.45) is 0 Å². The minimum Gasteiger partial charge on any atom is -0.344 e. The van der Waals surface area contributed by atoms with E-state index in [0.717, 1.165) is 28.8 Å². The summed E-state index contributed by atoms with van der Waals surface area (Å²) in [6, 6.07) is 14.4. The molecule has 1 aromatic carbocycles. The monoisotopic (exact) mass is 422 g/mol. The van der Waals surface area contributed by atoms with Crippen LogP contribution >= 0.6 is 0 Å². The van der Waals surface area contributed by atoms with Crippen molar-refractivity contribution in [1.29, 1.82) is 0 Å². The Morgan fingerprint density at radius 1 is 0.969 bits per heavy atom. The van der Waals surface area contributed by atoms with Crippen LogP contribution in [0.1, 0.15) is 32.0 Å². The van der Waals surface area contributed by atoms with Gasteiger partial charge in [0.1, 0.15) is 5.69 Å². The fraction of sp³-hybridized carbons (Fsp3) is 0.231. The summed E-state index contributed by atoms with van der Waals surface area (Å²) in [5, 5.41) is 14.3. The predicted octanol–water partition coefficient (Wildman–Crippen LogP) is 4.25. The number of likely N-dealkylation sites (N-methyl/N-ethyl adjacent to an activating group) is 1. The van der Waals surface area contributed by atoms with Gasteiger partial charge in [-0.2, -0.15) is 9.61 Å². The fourth-order valence-electron chi connectivity index (χ4n) is 4.54. The highest BCUT2D eigenvalue weighted by molar-refractivity contribution is 5.70. The number of aryl methyl sites for hydroxylation is 1. The molecule has 1 aliphatic rings. The number of anilines is 1. The lowest BCUT2D eigenvalue weighted by Crippen LogP contribution is -2.25. The highest BCUT2D eigenvalue weighted by Crippen LogP contribution is 2.47. The van der Waals surface area contributed by atoms with E-state index in [0.29, 0.717) is 5.82 Å². The van der Waals surface area contributed by atoms with Gasteiger partial charge >= 0.3 is 0 Å². The molecule has 3 aromatic heterocycles. The SMILES string of the molecule is CCN1/C(=C/C=C/C=c2/c(C)nn3c(-c4ccccn4)nnc23)C(C)(C)c2ccccc21. The smallest absolute Gasteiger partial charge is 0.203 e. The maximum Gasteiger partial charge on any atom is 0.203 e. The highest BCUT2D eigenvalue weighted by atomic mass is 15.4. The molecule has 160 valence electrons. The van der Waals surface area contributed by atoms with E-state index in [1.54, 1.807) is 10.7 Å². The lowest BCUT2D eigenvalue weighted by Gasteiger charge is -2.25. The van der Waals surface area contributed by atoms with E-state index in [9.17, 15) is 0 Å². The molecule has 4 heterocycles. The molecule has 1 aliphatic heterocycles. The first-order valence-electron chi connectivity index (χ1n) is 10.9. The summed E-state index contributed by atoms with van der Waals surface area (Å²) in [5.74, 6) is 0.651. The van der Waals surface area contributed by atoms with Crippen molar-refractivity contribution in [2.75, 3.05) is 11.4 Å². The molecule has 6 nitrogen and oxygen atoms in total. The maximum atomic E-state index is 4.64. The minimum absolute atomic E-state index is 0.0351. The van der Waals surface area contributed by atoms with Gasteiger partial charge < -0.3 is 4.90 Å². The standard InChI is InChI=1S/C26H26N6/c1-5-31-22-15-8-7-13-20(22)26(3,4)23(31)16-9-6-12-19-18(2)30-32-24(19)28-29-25(32)21-14-10-11-17-27-21/h6-17H,5H2,1-4H3/b9-6+,19-12-,23-16+. The first-order chi connectivity index (χ1) is 15.5. The molecule has 0 saturated carbocycles. The molecular weight excluding hydrogens is 396 g/mol. The minimum atomic E-state index is -0.0351. The van der Waals surface area contributed by atoms with Crippen molar-refractivity contribution in [2.45, 2.75) is 33.1 Å². The number of pyridine rings is 1. The third-order valence-corrected chi connectivity index (χ3v) is 6.16. The molecule has 0 aliphatic carbocycles. The van der Waals surface area contributed by atoms with Crippen LogP contribution in [0.5, 0.6) is 0 Å². The molecule has 6 heteroatoms. The van der Waals surface area contributed by atoms with Crippen molar-refractivity contribution in [1.82, 2.24) is 24.8 Å². The lowest BCUT2D eigenvalue weighted by molar-refractivity contribution is 0.634. The second-order valence-electron chi connectivity index (χ2n) is 8.46. The van der Waals surface area contributed by atoms with Crippen molar-refractivity contribution >= 4 is 17.4 Å². The summed E-state index contributed by atoms with van der Waals surface area (Å²) < 4.78 is 1.77.